The van der Waals surface area contributed by atoms with Gasteiger partial charge >= 0.3 is 0 Å². The minimum absolute atomic E-state index is 1.02. The summed E-state index contributed by atoms with van der Waals surface area (Å²) in [4.78, 5) is 5.44. The fourth-order valence-electron chi connectivity index (χ4n) is 5.49. The highest BCUT2D eigenvalue weighted by Gasteiger charge is 2.27. The maximum absolute atomic E-state index is 5.44. The van der Waals surface area contributed by atoms with Gasteiger partial charge in [-0.3, -0.25) is 0 Å². The van der Waals surface area contributed by atoms with Crippen LogP contribution in [0.4, 0.5) is 0 Å². The van der Waals surface area contributed by atoms with Crippen LogP contribution in [0.1, 0.15) is 0 Å². The second kappa shape index (κ2) is 8.48. The first-order valence-corrected chi connectivity index (χ1v) is 12.3. The van der Waals surface area contributed by atoms with Crippen molar-refractivity contribution in [3.05, 3.63) is 140 Å². The number of aromatic nitrogens is 1. The summed E-state index contributed by atoms with van der Waals surface area (Å²) in [5.41, 5.74) is 9.17. The van der Waals surface area contributed by atoms with Crippen LogP contribution in [0.3, 0.4) is 0 Å². The zero-order valence-electron chi connectivity index (χ0n) is 19.7. The molecule has 0 N–H and O–H groups in total. The molecule has 1 aliphatic carbocycles. The summed E-state index contributed by atoms with van der Waals surface area (Å²) in [5.74, 6) is 0. The van der Waals surface area contributed by atoms with Crippen LogP contribution in [0.15, 0.2) is 140 Å². The van der Waals surface area contributed by atoms with Crippen molar-refractivity contribution in [2.75, 3.05) is 0 Å². The van der Waals surface area contributed by atoms with Gasteiger partial charge in [0.15, 0.2) is 0 Å². The van der Waals surface area contributed by atoms with Crippen LogP contribution in [0, 0.1) is 0 Å². The number of fused-ring (bicyclic) bond motifs is 5. The van der Waals surface area contributed by atoms with Crippen molar-refractivity contribution in [3.8, 4) is 44.8 Å². The van der Waals surface area contributed by atoms with Gasteiger partial charge in [0.1, 0.15) is 0 Å². The van der Waals surface area contributed by atoms with E-state index in [0.717, 1.165) is 17.0 Å². The molecular weight excluding hydrogens is 434 g/mol. The largest absolute Gasteiger partial charge is 0.246 e. The number of rotatable bonds is 3. The lowest BCUT2D eigenvalue weighted by Gasteiger charge is -2.12. The molecular formula is C35H23N. The highest BCUT2D eigenvalue weighted by Crippen LogP contribution is 2.50. The van der Waals surface area contributed by atoms with E-state index < -0.39 is 0 Å². The van der Waals surface area contributed by atoms with E-state index in [1.807, 2.05) is 0 Å². The van der Waals surface area contributed by atoms with E-state index in [4.69, 9.17) is 4.98 Å². The molecule has 1 heteroatoms. The van der Waals surface area contributed by atoms with Crippen LogP contribution >= 0.6 is 0 Å². The van der Waals surface area contributed by atoms with E-state index in [2.05, 4.69) is 140 Å². The van der Waals surface area contributed by atoms with Crippen LogP contribution in [0.5, 0.6) is 0 Å². The summed E-state index contributed by atoms with van der Waals surface area (Å²) < 4.78 is 0. The van der Waals surface area contributed by atoms with Gasteiger partial charge in [-0.2, -0.15) is 0 Å². The first-order valence-electron chi connectivity index (χ1n) is 12.3. The average molecular weight is 458 g/mol. The Morgan fingerprint density at radius 1 is 0.278 bits per heavy atom. The molecule has 0 saturated carbocycles. The maximum Gasteiger partial charge on any atom is 0.0801 e. The van der Waals surface area contributed by atoms with Crippen LogP contribution in [-0.2, 0) is 0 Å². The topological polar surface area (TPSA) is 12.9 Å². The van der Waals surface area contributed by atoms with Crippen molar-refractivity contribution in [2.45, 2.75) is 0 Å². The molecule has 2 aliphatic rings. The Labute approximate surface area is 210 Å². The Kier molecular flexibility index (Phi) is 4.85. The zero-order valence-corrected chi connectivity index (χ0v) is 19.7. The number of nitrogens with zero attached hydrogens (tertiary/aromatic N) is 1. The van der Waals surface area contributed by atoms with Gasteiger partial charge in [-0.1, -0.05) is 140 Å². The fourth-order valence-corrected chi connectivity index (χ4v) is 5.49. The summed E-state index contributed by atoms with van der Waals surface area (Å²) in [6, 6.07) is 49.5. The molecule has 0 radical (unpaired) electrons. The van der Waals surface area contributed by atoms with Crippen LogP contribution < -0.4 is 0 Å². The summed E-state index contributed by atoms with van der Waals surface area (Å²) in [6.45, 7) is 0. The molecule has 0 fully saturated rings. The van der Waals surface area contributed by atoms with E-state index in [9.17, 15) is 0 Å². The minimum atomic E-state index is 1.02. The highest BCUT2D eigenvalue weighted by molar-refractivity contribution is 6.21. The van der Waals surface area contributed by atoms with E-state index in [1.165, 1.54) is 49.4 Å². The predicted molar refractivity (Wildman–Crippen MR) is 152 cm³/mol. The Bertz CT molecular complexity index is 1800. The molecule has 0 spiro atoms. The SMILES string of the molecule is c1ccc(-c2nc3c4ccccc4c4ccccc4c(-c4ccccc4)c-3c2-c2ccccc2)cc1. The monoisotopic (exact) mass is 457 g/mol. The van der Waals surface area contributed by atoms with E-state index >= 15 is 0 Å². The second-order valence-corrected chi connectivity index (χ2v) is 9.12. The Hall–Kier alpha value is -4.75. The summed E-state index contributed by atoms with van der Waals surface area (Å²) in [6.07, 6.45) is 0. The Morgan fingerprint density at radius 2 is 0.694 bits per heavy atom. The summed E-state index contributed by atoms with van der Waals surface area (Å²) in [7, 11) is 0. The Balaban J connectivity index is 1.79. The Morgan fingerprint density at radius 3 is 1.28 bits per heavy atom. The molecule has 0 saturated heterocycles. The van der Waals surface area contributed by atoms with Gasteiger partial charge in [-0.05, 0) is 32.8 Å². The van der Waals surface area contributed by atoms with E-state index in [0.29, 0.717) is 0 Å². The highest BCUT2D eigenvalue weighted by atomic mass is 14.8. The van der Waals surface area contributed by atoms with Crippen LogP contribution in [0.2, 0.25) is 0 Å². The number of hydrogen-bond acceptors (Lipinski definition) is 1. The smallest absolute Gasteiger partial charge is 0.0801 e. The van der Waals surface area contributed by atoms with Crippen molar-refractivity contribution in [3.63, 3.8) is 0 Å². The molecule has 1 heterocycles. The molecule has 36 heavy (non-hydrogen) atoms. The first-order chi connectivity index (χ1) is 17.9. The molecule has 7 rings (SSSR count). The fraction of sp³-hybridized carbons (Fsp3) is 0. The lowest BCUT2D eigenvalue weighted by Crippen LogP contribution is -1.86. The van der Waals surface area contributed by atoms with E-state index in [-0.39, 0.29) is 0 Å². The molecule has 0 amide bonds. The molecule has 5 aromatic carbocycles. The summed E-state index contributed by atoms with van der Waals surface area (Å²) >= 11 is 0. The van der Waals surface area contributed by atoms with Crippen LogP contribution in [-0.4, -0.2) is 4.98 Å². The zero-order chi connectivity index (χ0) is 23.9. The van der Waals surface area contributed by atoms with Crippen molar-refractivity contribution in [1.29, 1.82) is 0 Å². The van der Waals surface area contributed by atoms with Crippen molar-refractivity contribution in [1.82, 2.24) is 4.98 Å². The molecule has 168 valence electrons. The minimum Gasteiger partial charge on any atom is -0.246 e. The van der Waals surface area contributed by atoms with Gasteiger partial charge in [-0.15, -0.1) is 0 Å². The van der Waals surface area contributed by atoms with Crippen molar-refractivity contribution < 1.29 is 0 Å². The van der Waals surface area contributed by atoms with Gasteiger partial charge in [-0.25, -0.2) is 4.98 Å². The molecule has 0 unspecified atom stereocenters. The van der Waals surface area contributed by atoms with Crippen molar-refractivity contribution >= 4 is 21.5 Å². The molecule has 0 bridgehead atoms. The van der Waals surface area contributed by atoms with Gasteiger partial charge in [0.05, 0.1) is 11.4 Å². The third-order valence-electron chi connectivity index (χ3n) is 7.04. The molecule has 0 aromatic heterocycles. The third kappa shape index (κ3) is 3.21. The van der Waals surface area contributed by atoms with Gasteiger partial charge < -0.3 is 0 Å². The third-order valence-corrected chi connectivity index (χ3v) is 7.04. The van der Waals surface area contributed by atoms with E-state index in [1.54, 1.807) is 0 Å². The molecule has 1 aliphatic heterocycles. The number of benzene rings is 5. The quantitative estimate of drug-likeness (QED) is 0.257. The van der Waals surface area contributed by atoms with Crippen LogP contribution in [0.25, 0.3) is 66.3 Å². The first kappa shape index (κ1) is 20.6. The molecule has 1 nitrogen and oxygen atoms in total. The predicted octanol–water partition coefficient (Wildman–Crippen LogP) is 9.49. The number of hydrogen-bond donors (Lipinski definition) is 0. The normalized spacial score (nSPS) is 11.3. The maximum atomic E-state index is 5.44. The van der Waals surface area contributed by atoms with Gasteiger partial charge in [0.2, 0.25) is 0 Å². The van der Waals surface area contributed by atoms with Crippen molar-refractivity contribution in [2.24, 2.45) is 0 Å². The molecule has 5 aromatic rings. The lowest BCUT2D eigenvalue weighted by molar-refractivity contribution is 1.42. The van der Waals surface area contributed by atoms with Gasteiger partial charge in [0.25, 0.3) is 0 Å². The average Bonchev–Trinajstić information content (AvgIpc) is 3.30. The standard InChI is InChI=1S/C35H23N/c1-4-14-24(15-5-1)31-29-22-12-10-20-27(29)28-21-11-13-23-30(28)35-33(31)32(25-16-6-2-7-17-25)34(36-35)26-18-8-3-9-19-26/h1-23H. The lowest BCUT2D eigenvalue weighted by atomic mass is 9.89. The van der Waals surface area contributed by atoms with Gasteiger partial charge in [0, 0.05) is 22.1 Å². The molecule has 0 atom stereocenters. The summed E-state index contributed by atoms with van der Waals surface area (Å²) in [5, 5.41) is 4.87. The second-order valence-electron chi connectivity index (χ2n) is 9.12.